The molecular formula is C12H15N3O4. The van der Waals surface area contributed by atoms with Gasteiger partial charge in [-0.15, -0.1) is 5.10 Å². The van der Waals surface area contributed by atoms with Crippen LogP contribution in [0.15, 0.2) is 24.3 Å². The highest BCUT2D eigenvalue weighted by Gasteiger charge is 2.45. The molecule has 0 radical (unpaired) electrons. The molecule has 0 saturated carbocycles. The molecule has 0 aliphatic carbocycles. The van der Waals surface area contributed by atoms with Crippen LogP contribution in [0.25, 0.3) is 11.0 Å². The molecule has 1 aliphatic rings. The SMILES string of the molecule is CO[C@@H]1[C@H](O)[C@@H](CO)O[C@@H]1n1nnc2ccccc21. The van der Waals surface area contributed by atoms with Crippen LogP contribution in [0.2, 0.25) is 0 Å². The lowest BCUT2D eigenvalue weighted by atomic mass is 10.1. The third kappa shape index (κ3) is 1.91. The Balaban J connectivity index is 2.01. The van der Waals surface area contributed by atoms with E-state index in [1.54, 1.807) is 4.68 Å². The molecule has 2 heterocycles. The summed E-state index contributed by atoms with van der Waals surface area (Å²) in [6.07, 6.45) is -2.78. The van der Waals surface area contributed by atoms with Gasteiger partial charge in [0.05, 0.1) is 12.1 Å². The van der Waals surface area contributed by atoms with Gasteiger partial charge in [-0.05, 0) is 12.1 Å². The molecule has 7 nitrogen and oxygen atoms in total. The van der Waals surface area contributed by atoms with Crippen LogP contribution in [0.5, 0.6) is 0 Å². The van der Waals surface area contributed by atoms with Gasteiger partial charge in [-0.25, -0.2) is 4.68 Å². The standard InChI is InChI=1S/C12H15N3O4/c1-18-11-10(17)9(6-16)19-12(11)15-8-5-3-2-4-7(8)13-14-15/h2-5,9-12,16-17H,6H2,1H3/t9-,10-,11-,12+/m1/s1. The largest absolute Gasteiger partial charge is 0.394 e. The average molecular weight is 265 g/mol. The van der Waals surface area contributed by atoms with Crippen molar-refractivity contribution in [3.05, 3.63) is 24.3 Å². The Kier molecular flexibility index (Phi) is 3.19. The number of aliphatic hydroxyl groups excluding tert-OH is 2. The molecule has 0 spiro atoms. The zero-order chi connectivity index (χ0) is 13.4. The van der Waals surface area contributed by atoms with E-state index in [2.05, 4.69) is 10.3 Å². The van der Waals surface area contributed by atoms with Gasteiger partial charge < -0.3 is 19.7 Å². The Bertz CT molecular complexity index is 573. The van der Waals surface area contributed by atoms with Gasteiger partial charge in [-0.3, -0.25) is 0 Å². The lowest BCUT2D eigenvalue weighted by Gasteiger charge is -2.18. The third-order valence-corrected chi connectivity index (χ3v) is 3.38. The summed E-state index contributed by atoms with van der Waals surface area (Å²) in [5, 5.41) is 27.3. The van der Waals surface area contributed by atoms with Crippen LogP contribution < -0.4 is 0 Å². The Labute approximate surface area is 109 Å². The van der Waals surface area contributed by atoms with Crippen LogP contribution in [0.3, 0.4) is 0 Å². The van der Waals surface area contributed by atoms with Crippen molar-refractivity contribution in [2.24, 2.45) is 0 Å². The number of nitrogens with zero attached hydrogens (tertiary/aromatic N) is 3. The summed E-state index contributed by atoms with van der Waals surface area (Å²) >= 11 is 0. The zero-order valence-corrected chi connectivity index (χ0v) is 10.4. The summed E-state index contributed by atoms with van der Waals surface area (Å²) in [5.41, 5.74) is 1.53. The summed E-state index contributed by atoms with van der Waals surface area (Å²) in [7, 11) is 1.49. The van der Waals surface area contributed by atoms with Crippen molar-refractivity contribution >= 4 is 11.0 Å². The first-order valence-electron chi connectivity index (χ1n) is 6.03. The zero-order valence-electron chi connectivity index (χ0n) is 10.4. The van der Waals surface area contributed by atoms with E-state index in [4.69, 9.17) is 9.47 Å². The molecule has 3 rings (SSSR count). The van der Waals surface area contributed by atoms with Crippen molar-refractivity contribution in [2.75, 3.05) is 13.7 Å². The first-order valence-corrected chi connectivity index (χ1v) is 6.03. The van der Waals surface area contributed by atoms with E-state index in [0.717, 1.165) is 11.0 Å². The third-order valence-electron chi connectivity index (χ3n) is 3.38. The molecule has 1 aromatic heterocycles. The molecule has 0 unspecified atom stereocenters. The van der Waals surface area contributed by atoms with Crippen molar-refractivity contribution in [3.63, 3.8) is 0 Å². The lowest BCUT2D eigenvalue weighted by Crippen LogP contribution is -2.34. The highest BCUT2D eigenvalue weighted by molar-refractivity contribution is 5.73. The van der Waals surface area contributed by atoms with Gasteiger partial charge in [-0.1, -0.05) is 17.3 Å². The second kappa shape index (κ2) is 4.86. The second-order valence-corrected chi connectivity index (χ2v) is 4.46. The summed E-state index contributed by atoms with van der Waals surface area (Å²) in [4.78, 5) is 0. The van der Waals surface area contributed by atoms with Crippen LogP contribution in [-0.2, 0) is 9.47 Å². The van der Waals surface area contributed by atoms with Gasteiger partial charge in [0, 0.05) is 7.11 Å². The predicted octanol–water partition coefficient (Wildman–Crippen LogP) is -0.303. The van der Waals surface area contributed by atoms with Gasteiger partial charge in [0.1, 0.15) is 23.8 Å². The fourth-order valence-electron chi connectivity index (χ4n) is 2.40. The van der Waals surface area contributed by atoms with Crippen molar-refractivity contribution < 1.29 is 19.7 Å². The van der Waals surface area contributed by atoms with Crippen molar-refractivity contribution in [1.82, 2.24) is 15.0 Å². The number of benzene rings is 1. The molecular weight excluding hydrogens is 250 g/mol. The summed E-state index contributed by atoms with van der Waals surface area (Å²) in [6, 6.07) is 7.45. The highest BCUT2D eigenvalue weighted by Crippen LogP contribution is 2.32. The summed E-state index contributed by atoms with van der Waals surface area (Å²) in [6.45, 7) is -0.274. The quantitative estimate of drug-likeness (QED) is 0.791. The Morgan fingerprint density at radius 2 is 2.21 bits per heavy atom. The Morgan fingerprint density at radius 3 is 2.95 bits per heavy atom. The maximum atomic E-state index is 10.0. The normalized spacial score (nSPS) is 31.1. The van der Waals surface area contributed by atoms with E-state index >= 15 is 0 Å². The van der Waals surface area contributed by atoms with E-state index in [-0.39, 0.29) is 6.61 Å². The number of methoxy groups -OCH3 is 1. The first kappa shape index (κ1) is 12.5. The van der Waals surface area contributed by atoms with E-state index < -0.39 is 24.5 Å². The smallest absolute Gasteiger partial charge is 0.181 e. The molecule has 1 aromatic carbocycles. The van der Waals surface area contributed by atoms with Crippen LogP contribution in [0, 0.1) is 0 Å². The van der Waals surface area contributed by atoms with Crippen LogP contribution in [0.4, 0.5) is 0 Å². The van der Waals surface area contributed by atoms with Gasteiger partial charge >= 0.3 is 0 Å². The molecule has 1 aliphatic heterocycles. The topological polar surface area (TPSA) is 89.6 Å². The fourth-order valence-corrected chi connectivity index (χ4v) is 2.40. The molecule has 4 atom stereocenters. The highest BCUT2D eigenvalue weighted by atomic mass is 16.6. The van der Waals surface area contributed by atoms with E-state index in [0.29, 0.717) is 0 Å². The van der Waals surface area contributed by atoms with Crippen LogP contribution >= 0.6 is 0 Å². The molecule has 19 heavy (non-hydrogen) atoms. The Hall–Kier alpha value is -1.54. The maximum Gasteiger partial charge on any atom is 0.181 e. The van der Waals surface area contributed by atoms with Crippen molar-refractivity contribution in [1.29, 1.82) is 0 Å². The van der Waals surface area contributed by atoms with E-state index in [9.17, 15) is 10.2 Å². The van der Waals surface area contributed by atoms with E-state index in [1.807, 2.05) is 24.3 Å². The number of rotatable bonds is 3. The molecule has 0 bridgehead atoms. The van der Waals surface area contributed by atoms with Gasteiger partial charge in [0.25, 0.3) is 0 Å². The van der Waals surface area contributed by atoms with E-state index in [1.165, 1.54) is 7.11 Å². The number of aromatic nitrogens is 3. The van der Waals surface area contributed by atoms with Crippen molar-refractivity contribution in [3.8, 4) is 0 Å². The number of ether oxygens (including phenoxy) is 2. The average Bonchev–Trinajstić information content (AvgIpc) is 2.99. The molecule has 1 saturated heterocycles. The fraction of sp³-hybridized carbons (Fsp3) is 0.500. The summed E-state index contributed by atoms with van der Waals surface area (Å²) < 4.78 is 12.5. The molecule has 0 amide bonds. The number of aliphatic hydroxyl groups is 2. The van der Waals surface area contributed by atoms with Crippen LogP contribution in [-0.4, -0.2) is 57.2 Å². The van der Waals surface area contributed by atoms with Gasteiger partial charge in [0.2, 0.25) is 0 Å². The Morgan fingerprint density at radius 1 is 1.42 bits per heavy atom. The lowest BCUT2D eigenvalue weighted by molar-refractivity contribution is -0.0648. The molecule has 1 fully saturated rings. The summed E-state index contributed by atoms with van der Waals surface area (Å²) in [5.74, 6) is 0. The first-order chi connectivity index (χ1) is 9.26. The predicted molar refractivity (Wildman–Crippen MR) is 65.3 cm³/mol. The molecule has 7 heteroatoms. The van der Waals surface area contributed by atoms with Gasteiger partial charge in [0.15, 0.2) is 6.23 Å². The number of hydrogen-bond donors (Lipinski definition) is 2. The minimum absolute atomic E-state index is 0.274. The van der Waals surface area contributed by atoms with Crippen LogP contribution in [0.1, 0.15) is 6.23 Å². The molecule has 2 N–H and O–H groups in total. The second-order valence-electron chi connectivity index (χ2n) is 4.46. The molecule has 2 aromatic rings. The van der Waals surface area contributed by atoms with Crippen molar-refractivity contribution in [2.45, 2.75) is 24.5 Å². The minimum atomic E-state index is -0.900. The maximum absolute atomic E-state index is 10.0. The molecule has 102 valence electrons. The van der Waals surface area contributed by atoms with Gasteiger partial charge in [-0.2, -0.15) is 0 Å². The monoisotopic (exact) mass is 265 g/mol. The minimum Gasteiger partial charge on any atom is -0.394 e. The number of fused-ring (bicyclic) bond motifs is 1. The number of para-hydroxylation sites is 1. The number of hydrogen-bond acceptors (Lipinski definition) is 6.